The van der Waals surface area contributed by atoms with Crippen molar-refractivity contribution in [2.75, 3.05) is 0 Å². The molecule has 28 valence electrons. The molecule has 0 fully saturated rings. The normalized spacial score (nSPS) is 4.80. The Morgan fingerprint density at radius 1 is 1.60 bits per heavy atom. The van der Waals surface area contributed by atoms with E-state index in [-0.39, 0.29) is 0 Å². The van der Waals surface area contributed by atoms with Gasteiger partial charge >= 0.3 is 35.2 Å². The second-order valence-corrected chi connectivity index (χ2v) is 2.51. The van der Waals surface area contributed by atoms with Crippen LogP contribution in [0.2, 0.25) is 0 Å². The predicted molar refractivity (Wildman–Crippen MR) is 13.1 cm³/mol. The van der Waals surface area contributed by atoms with Gasteiger partial charge in [0.15, 0.2) is 0 Å². The molecule has 5 heavy (non-hydrogen) atoms. The Morgan fingerprint density at radius 3 is 1.80 bits per heavy atom. The Bertz CT molecular complexity index is 111. The van der Waals surface area contributed by atoms with E-state index in [1.165, 1.54) is 11.2 Å². The van der Waals surface area contributed by atoms with Gasteiger partial charge in [0, 0.05) is 0 Å². The minimum atomic E-state index is -2.98. The Morgan fingerprint density at radius 2 is 1.80 bits per heavy atom. The molecule has 0 heterocycles. The quantitative estimate of drug-likeness (QED) is 0.413. The molecule has 0 aromatic carbocycles. The summed E-state index contributed by atoms with van der Waals surface area (Å²) in [6, 6.07) is 0. The fourth-order valence-corrected chi connectivity index (χ4v) is 0. The van der Waals surface area contributed by atoms with Gasteiger partial charge in [0.25, 0.3) is 0 Å². The van der Waals surface area contributed by atoms with E-state index in [0.29, 0.717) is 0 Å². The van der Waals surface area contributed by atoms with Crippen LogP contribution in [-0.2, 0) is 24.0 Å². The molecule has 0 aliphatic carbocycles. The molecule has 3 heteroatoms. The molecule has 0 saturated carbocycles. The summed E-state index contributed by atoms with van der Waals surface area (Å²) in [5, 5.41) is 0. The van der Waals surface area contributed by atoms with Gasteiger partial charge in [-0.1, -0.05) is 0 Å². The third-order valence-corrected chi connectivity index (χ3v) is 0.972. The fourth-order valence-electron chi connectivity index (χ4n) is 0. The molecule has 0 radical (unpaired) electrons. The molecule has 0 bridgehead atoms. The van der Waals surface area contributed by atoms with E-state index in [1.807, 2.05) is 0 Å². The maximum absolute atomic E-state index is 9.45. The monoisotopic (exact) mass is 108 g/mol. The third kappa shape index (κ3) is 4.18. The standard InChI is InChI=1S/C2H4.2O.Ti/c1-2;;;/h1H,2H3;;;. The van der Waals surface area contributed by atoms with Crippen LogP contribution in [0.15, 0.2) is 0 Å². The summed E-state index contributed by atoms with van der Waals surface area (Å²) in [7, 11) is 0. The molecule has 0 N–H and O–H groups in total. The van der Waals surface area contributed by atoms with Crippen LogP contribution in [0.5, 0.6) is 0 Å². The van der Waals surface area contributed by atoms with Gasteiger partial charge in [-0.3, -0.25) is 0 Å². The molecular formula is C2H4O2Ti. The summed E-state index contributed by atoms with van der Waals surface area (Å²) in [6.45, 7) is 1.52. The van der Waals surface area contributed by atoms with Crippen molar-refractivity contribution in [1.82, 2.24) is 0 Å². The van der Waals surface area contributed by atoms with Crippen LogP contribution in [0.25, 0.3) is 0 Å². The van der Waals surface area contributed by atoms with Crippen molar-refractivity contribution in [2.24, 2.45) is 0 Å². The van der Waals surface area contributed by atoms with Crippen molar-refractivity contribution >= 4 is 4.31 Å². The van der Waals surface area contributed by atoms with Crippen LogP contribution < -0.4 is 0 Å². The Kier molecular flexibility index (Phi) is 2.51. The first-order valence-corrected chi connectivity index (χ1v) is 3.45. The van der Waals surface area contributed by atoms with Crippen molar-refractivity contribution in [3.05, 3.63) is 0 Å². The average Bonchev–Trinajstić information content (AvgIpc) is 1.38. The first kappa shape index (κ1) is 5.18. The maximum atomic E-state index is 9.45. The Balaban J connectivity index is 4.25. The van der Waals surface area contributed by atoms with E-state index in [4.69, 9.17) is 0 Å². The van der Waals surface area contributed by atoms with E-state index in [9.17, 15) is 6.65 Å². The van der Waals surface area contributed by atoms with E-state index >= 15 is 0 Å². The predicted octanol–water partition coefficient (Wildman–Crippen LogP) is 0.118. The van der Waals surface area contributed by atoms with Gasteiger partial charge in [-0.2, -0.15) is 0 Å². The number of hydrogen-bond donors (Lipinski definition) is 0. The summed E-state index contributed by atoms with van der Waals surface area (Å²) >= 11 is -2.98. The van der Waals surface area contributed by atoms with Gasteiger partial charge in [0.1, 0.15) is 0 Å². The van der Waals surface area contributed by atoms with Crippen LogP contribution in [0.1, 0.15) is 6.92 Å². The van der Waals surface area contributed by atoms with Crippen molar-refractivity contribution < 1.29 is 24.0 Å². The minimum absolute atomic E-state index is 1.22. The van der Waals surface area contributed by atoms with Crippen LogP contribution in [-0.4, -0.2) is 4.31 Å². The summed E-state index contributed by atoms with van der Waals surface area (Å²) in [6.07, 6.45) is 0. The van der Waals surface area contributed by atoms with Gasteiger partial charge in [-0.05, 0) is 0 Å². The van der Waals surface area contributed by atoms with Crippen molar-refractivity contribution in [1.29, 1.82) is 0 Å². The van der Waals surface area contributed by atoms with Crippen LogP contribution in [0, 0.1) is 0 Å². The zero-order valence-corrected chi connectivity index (χ0v) is 4.46. The number of rotatable bonds is 0. The SMILES string of the molecule is C[CH]=[Ti](=[O])=[O]. The van der Waals surface area contributed by atoms with E-state index in [0.717, 1.165) is 0 Å². The van der Waals surface area contributed by atoms with Gasteiger partial charge in [0.05, 0.1) is 0 Å². The van der Waals surface area contributed by atoms with Crippen LogP contribution >= 0.6 is 0 Å². The van der Waals surface area contributed by atoms with Crippen LogP contribution in [0.4, 0.5) is 0 Å². The topological polar surface area (TPSA) is 34.1 Å². The molecule has 0 aliphatic heterocycles. The first-order valence-electron chi connectivity index (χ1n) is 1.27. The second kappa shape index (κ2) is 2.42. The summed E-state index contributed by atoms with van der Waals surface area (Å²) < 4.78 is 20.1. The van der Waals surface area contributed by atoms with Gasteiger partial charge in [0.2, 0.25) is 0 Å². The zero-order chi connectivity index (χ0) is 4.28. The summed E-state index contributed by atoms with van der Waals surface area (Å²) in [5.74, 6) is 0. The molecule has 0 atom stereocenters. The van der Waals surface area contributed by atoms with Gasteiger partial charge in [-0.15, -0.1) is 0 Å². The van der Waals surface area contributed by atoms with E-state index < -0.39 is 17.3 Å². The summed E-state index contributed by atoms with van der Waals surface area (Å²) in [5.41, 5.74) is 0. The summed E-state index contributed by atoms with van der Waals surface area (Å²) in [4.78, 5) is 0. The average molecular weight is 108 g/mol. The molecule has 0 aliphatic rings. The molecule has 0 unspecified atom stereocenters. The Hall–Kier alpha value is 0.184. The molecule has 0 saturated heterocycles. The zero-order valence-electron chi connectivity index (χ0n) is 2.89. The molecule has 0 aromatic heterocycles. The molecule has 2 nitrogen and oxygen atoms in total. The van der Waals surface area contributed by atoms with Gasteiger partial charge in [-0.25, -0.2) is 0 Å². The van der Waals surface area contributed by atoms with Gasteiger partial charge < -0.3 is 0 Å². The Labute approximate surface area is 35.8 Å². The van der Waals surface area contributed by atoms with Crippen LogP contribution in [0.3, 0.4) is 0 Å². The molecular weight excluding hydrogens is 104 g/mol. The van der Waals surface area contributed by atoms with Crippen molar-refractivity contribution in [3.8, 4) is 0 Å². The second-order valence-electron chi connectivity index (χ2n) is 0.608. The third-order valence-electron chi connectivity index (χ3n) is 0.236. The van der Waals surface area contributed by atoms with E-state index in [2.05, 4.69) is 0 Å². The van der Waals surface area contributed by atoms with Crippen molar-refractivity contribution in [2.45, 2.75) is 6.92 Å². The number of hydrogen-bond acceptors (Lipinski definition) is 2. The molecule has 0 spiro atoms. The fraction of sp³-hybridized carbons (Fsp3) is 0.500. The molecule has 0 amide bonds. The first-order chi connectivity index (χ1) is 2.27. The molecule has 0 aromatic rings. The molecule has 0 rings (SSSR count). The van der Waals surface area contributed by atoms with Crippen molar-refractivity contribution in [3.63, 3.8) is 0 Å². The van der Waals surface area contributed by atoms with E-state index in [1.54, 1.807) is 0 Å².